The number of rotatable bonds is 4. The second-order valence-corrected chi connectivity index (χ2v) is 6.86. The molecule has 30 heavy (non-hydrogen) atoms. The molecule has 1 N–H and O–H groups in total. The van der Waals surface area contributed by atoms with Crippen LogP contribution in [0.4, 0.5) is 26.3 Å². The number of benzene rings is 2. The Hall–Kier alpha value is -1.99. The average molecular weight is 570 g/mol. The fourth-order valence-corrected chi connectivity index (χ4v) is 2.46. The van der Waals surface area contributed by atoms with Gasteiger partial charge in [0.2, 0.25) is 0 Å². The Labute approximate surface area is 182 Å². The van der Waals surface area contributed by atoms with Crippen LogP contribution < -0.4 is 9.47 Å². The highest BCUT2D eigenvalue weighted by Crippen LogP contribution is 2.32. The van der Waals surface area contributed by atoms with Crippen molar-refractivity contribution in [2.45, 2.75) is 19.3 Å². The van der Waals surface area contributed by atoms with Crippen LogP contribution in [0.1, 0.15) is 15.9 Å². The van der Waals surface area contributed by atoms with E-state index in [4.69, 9.17) is 5.11 Å². The minimum absolute atomic E-state index is 0.0232. The van der Waals surface area contributed by atoms with Gasteiger partial charge in [0.1, 0.15) is 11.5 Å². The molecule has 0 amide bonds. The summed E-state index contributed by atoms with van der Waals surface area (Å²) in [6, 6.07) is 7.54. The van der Waals surface area contributed by atoms with Crippen molar-refractivity contribution in [3.8, 4) is 11.5 Å². The van der Waals surface area contributed by atoms with E-state index in [1.807, 2.05) is 0 Å². The average Bonchev–Trinajstić information content (AvgIpc) is 2.63. The molecule has 2 aromatic rings. The van der Waals surface area contributed by atoms with Crippen molar-refractivity contribution in [1.29, 1.82) is 0 Å². The highest BCUT2D eigenvalue weighted by atomic mass is 79.9. The van der Waals surface area contributed by atoms with Gasteiger partial charge in [0.25, 0.3) is 0 Å². The molecule has 0 aliphatic carbocycles. The molecule has 0 radical (unpaired) electrons. The van der Waals surface area contributed by atoms with Crippen LogP contribution in [0.25, 0.3) is 0 Å². The lowest BCUT2D eigenvalue weighted by atomic mass is 10.2. The first-order valence-corrected chi connectivity index (χ1v) is 9.13. The lowest BCUT2D eigenvalue weighted by Crippen LogP contribution is -2.17. The molecular formula is C17H12Br2F6O5. The number of carbonyl (C=O) groups excluding carboxylic acids is 1. The molecule has 0 bridgehead atoms. The normalized spacial score (nSPS) is 11.3. The molecule has 0 atom stereocenters. The molecule has 0 unspecified atom stereocenters. The lowest BCUT2D eigenvalue weighted by molar-refractivity contribution is -0.276. The topological polar surface area (TPSA) is 65.0 Å². The van der Waals surface area contributed by atoms with Gasteiger partial charge in [0.05, 0.1) is 28.2 Å². The number of methoxy groups -OCH3 is 1. The third-order valence-corrected chi connectivity index (χ3v) is 4.29. The van der Waals surface area contributed by atoms with Crippen molar-refractivity contribution in [3.05, 3.63) is 56.5 Å². The van der Waals surface area contributed by atoms with Gasteiger partial charge < -0.3 is 19.3 Å². The van der Waals surface area contributed by atoms with E-state index in [0.717, 1.165) is 19.2 Å². The zero-order chi connectivity index (χ0) is 23.1. The lowest BCUT2D eigenvalue weighted by Gasteiger charge is -2.11. The zero-order valence-corrected chi connectivity index (χ0v) is 17.9. The molecule has 0 aliphatic rings. The molecule has 0 saturated carbocycles. The van der Waals surface area contributed by atoms with Crippen LogP contribution in [0.15, 0.2) is 45.3 Å². The number of carbonyl (C=O) groups is 1. The van der Waals surface area contributed by atoms with E-state index in [1.165, 1.54) is 24.3 Å². The van der Waals surface area contributed by atoms with E-state index >= 15 is 0 Å². The second kappa shape index (κ2) is 10.9. The van der Waals surface area contributed by atoms with Gasteiger partial charge in [-0.2, -0.15) is 0 Å². The number of ether oxygens (including phenoxy) is 3. The largest absolute Gasteiger partial charge is 0.573 e. The number of hydrogen-bond donors (Lipinski definition) is 1. The summed E-state index contributed by atoms with van der Waals surface area (Å²) in [6.45, 7) is -0.332. The Kier molecular flexibility index (Phi) is 9.43. The Balaban J connectivity index is 0.000000303. The van der Waals surface area contributed by atoms with Gasteiger partial charge in [0, 0.05) is 0 Å². The Morgan fingerprint density at radius 2 is 1.37 bits per heavy atom. The predicted octanol–water partition coefficient (Wildman–Crippen LogP) is 5.97. The van der Waals surface area contributed by atoms with Crippen molar-refractivity contribution in [2.75, 3.05) is 7.11 Å². The van der Waals surface area contributed by atoms with Crippen LogP contribution in [0.2, 0.25) is 0 Å². The van der Waals surface area contributed by atoms with Gasteiger partial charge >= 0.3 is 18.7 Å². The molecule has 0 saturated heterocycles. The van der Waals surface area contributed by atoms with Crippen LogP contribution in [0, 0.1) is 0 Å². The molecule has 0 fully saturated rings. The molecule has 0 spiro atoms. The molecule has 0 aliphatic heterocycles. The zero-order valence-electron chi connectivity index (χ0n) is 14.8. The third-order valence-electron chi connectivity index (χ3n) is 2.98. The van der Waals surface area contributed by atoms with E-state index in [0.29, 0.717) is 5.56 Å². The first-order valence-electron chi connectivity index (χ1n) is 7.54. The van der Waals surface area contributed by atoms with Gasteiger partial charge in [0.15, 0.2) is 0 Å². The SMILES string of the molecule is COC(=O)c1ccc(Br)c(OC(F)(F)F)c1.OCc1ccc(Br)c(OC(F)(F)F)c1. The van der Waals surface area contributed by atoms with Crippen LogP contribution in [-0.2, 0) is 11.3 Å². The quantitative estimate of drug-likeness (QED) is 0.363. The first kappa shape index (κ1) is 26.0. The number of hydrogen-bond acceptors (Lipinski definition) is 5. The van der Waals surface area contributed by atoms with Crippen LogP contribution in [0.3, 0.4) is 0 Å². The van der Waals surface area contributed by atoms with Crippen LogP contribution in [0.5, 0.6) is 11.5 Å². The first-order chi connectivity index (χ1) is 13.8. The molecule has 166 valence electrons. The molecular weight excluding hydrogens is 558 g/mol. The summed E-state index contributed by atoms with van der Waals surface area (Å²) in [4.78, 5) is 11.1. The summed E-state index contributed by atoms with van der Waals surface area (Å²) in [5, 5.41) is 8.70. The molecule has 5 nitrogen and oxygen atoms in total. The minimum atomic E-state index is -4.81. The summed E-state index contributed by atoms with van der Waals surface area (Å²) in [5.74, 6) is -1.58. The molecule has 13 heteroatoms. The number of aliphatic hydroxyl groups is 1. The van der Waals surface area contributed by atoms with E-state index in [2.05, 4.69) is 46.1 Å². The Morgan fingerprint density at radius 1 is 0.900 bits per heavy atom. The third kappa shape index (κ3) is 9.22. The predicted molar refractivity (Wildman–Crippen MR) is 98.9 cm³/mol. The van der Waals surface area contributed by atoms with Crippen molar-refractivity contribution in [1.82, 2.24) is 0 Å². The monoisotopic (exact) mass is 568 g/mol. The summed E-state index contributed by atoms with van der Waals surface area (Å²) in [5.41, 5.74) is 0.331. The standard InChI is InChI=1S/C9H6BrF3O3.C8H6BrF3O2/c1-15-8(14)5-2-3-6(10)7(4-5)16-9(11,12)13;9-6-2-1-5(4-13)3-7(6)14-8(10,11)12/h2-4H,1H3;1-3,13H,4H2. The highest BCUT2D eigenvalue weighted by molar-refractivity contribution is 9.10. The maximum atomic E-state index is 12.0. The van der Waals surface area contributed by atoms with Crippen molar-refractivity contribution < 1.29 is 50.5 Å². The number of aliphatic hydroxyl groups excluding tert-OH is 1. The summed E-state index contributed by atoms with van der Waals surface area (Å²) < 4.78 is 83.6. The van der Waals surface area contributed by atoms with Crippen molar-refractivity contribution >= 4 is 37.8 Å². The van der Waals surface area contributed by atoms with Gasteiger partial charge in [-0.25, -0.2) is 4.79 Å². The highest BCUT2D eigenvalue weighted by Gasteiger charge is 2.33. The van der Waals surface area contributed by atoms with Gasteiger partial charge in [-0.3, -0.25) is 0 Å². The Bertz CT molecular complexity index is 871. The molecule has 2 aromatic carbocycles. The van der Waals surface area contributed by atoms with Gasteiger partial charge in [-0.05, 0) is 67.8 Å². The number of esters is 1. The van der Waals surface area contributed by atoms with E-state index in [1.54, 1.807) is 0 Å². The fourth-order valence-electron chi connectivity index (χ4n) is 1.80. The van der Waals surface area contributed by atoms with Crippen LogP contribution in [-0.4, -0.2) is 30.9 Å². The second-order valence-electron chi connectivity index (χ2n) is 5.16. The number of halogens is 8. The summed E-state index contributed by atoms with van der Waals surface area (Å²) in [6.07, 6.45) is -9.53. The van der Waals surface area contributed by atoms with E-state index in [-0.39, 0.29) is 26.9 Å². The maximum Gasteiger partial charge on any atom is 0.573 e. The maximum absolute atomic E-state index is 12.0. The molecule has 0 heterocycles. The summed E-state index contributed by atoms with van der Waals surface area (Å²) >= 11 is 5.78. The Morgan fingerprint density at radius 3 is 1.80 bits per heavy atom. The minimum Gasteiger partial charge on any atom is -0.465 e. The van der Waals surface area contributed by atoms with Gasteiger partial charge in [-0.15, -0.1) is 26.3 Å². The smallest absolute Gasteiger partial charge is 0.465 e. The molecule has 0 aromatic heterocycles. The van der Waals surface area contributed by atoms with E-state index in [9.17, 15) is 31.1 Å². The number of alkyl halides is 6. The van der Waals surface area contributed by atoms with Crippen molar-refractivity contribution in [3.63, 3.8) is 0 Å². The van der Waals surface area contributed by atoms with Crippen LogP contribution >= 0.6 is 31.9 Å². The molecule has 2 rings (SSSR count). The summed E-state index contributed by atoms with van der Waals surface area (Å²) in [7, 11) is 1.13. The fraction of sp³-hybridized carbons (Fsp3) is 0.235. The van der Waals surface area contributed by atoms with Gasteiger partial charge in [-0.1, -0.05) is 6.07 Å². The van der Waals surface area contributed by atoms with E-state index < -0.39 is 24.4 Å². The van der Waals surface area contributed by atoms with Crippen molar-refractivity contribution in [2.24, 2.45) is 0 Å².